The van der Waals surface area contributed by atoms with E-state index >= 15 is 0 Å². The van der Waals surface area contributed by atoms with E-state index in [9.17, 15) is 9.35 Å². The Morgan fingerprint density at radius 1 is 1.22 bits per heavy atom. The van der Waals surface area contributed by atoms with Gasteiger partial charge < -0.3 is 19.5 Å². The highest BCUT2D eigenvalue weighted by molar-refractivity contribution is 7.90. The lowest BCUT2D eigenvalue weighted by atomic mass is 9.72. The minimum atomic E-state index is -1.38. The van der Waals surface area contributed by atoms with Gasteiger partial charge >= 0.3 is 0 Å². The summed E-state index contributed by atoms with van der Waals surface area (Å²) in [6, 6.07) is 14.6. The number of amides is 1. The minimum absolute atomic E-state index is 0.0491. The minimum Gasteiger partial charge on any atom is -0.593 e. The summed E-state index contributed by atoms with van der Waals surface area (Å²) in [5.41, 5.74) is 5.15. The predicted molar refractivity (Wildman–Crippen MR) is 131 cm³/mol. The Morgan fingerprint density at radius 3 is 2.69 bits per heavy atom. The van der Waals surface area contributed by atoms with Crippen molar-refractivity contribution in [3.8, 4) is 0 Å². The van der Waals surface area contributed by atoms with Gasteiger partial charge in [-0.05, 0) is 67.1 Å². The van der Waals surface area contributed by atoms with Crippen molar-refractivity contribution in [1.82, 2.24) is 4.72 Å². The Morgan fingerprint density at radius 2 is 1.97 bits per heavy atom. The van der Waals surface area contributed by atoms with E-state index in [2.05, 4.69) is 53.1 Å². The predicted octanol–water partition coefficient (Wildman–Crippen LogP) is 4.06. The Hall–Kier alpha value is -2.22. The number of benzene rings is 2. The molecule has 0 radical (unpaired) electrons. The summed E-state index contributed by atoms with van der Waals surface area (Å²) >= 11 is -1.38. The summed E-state index contributed by atoms with van der Waals surface area (Å²) in [7, 11) is 0. The third-order valence-corrected chi connectivity index (χ3v) is 7.54. The van der Waals surface area contributed by atoms with E-state index in [0.29, 0.717) is 5.56 Å². The fourth-order valence-electron chi connectivity index (χ4n) is 4.49. The van der Waals surface area contributed by atoms with Crippen molar-refractivity contribution in [2.45, 2.75) is 45.4 Å². The van der Waals surface area contributed by atoms with Crippen LogP contribution in [0.4, 0.5) is 11.4 Å². The normalized spacial score (nSPS) is 20.9. The maximum absolute atomic E-state index is 12.5. The fraction of sp³-hybridized carbons (Fsp3) is 0.480. The molecule has 2 aromatic rings. The summed E-state index contributed by atoms with van der Waals surface area (Å²) in [6.07, 6.45) is 0.843. The average Bonchev–Trinajstić information content (AvgIpc) is 2.78. The molecule has 0 saturated carbocycles. The number of ether oxygens (including phenoxy) is 1. The number of hydrogen-bond acceptors (Lipinski definition) is 5. The van der Waals surface area contributed by atoms with Crippen LogP contribution in [0.15, 0.2) is 42.5 Å². The first-order chi connectivity index (χ1) is 15.2. The van der Waals surface area contributed by atoms with Gasteiger partial charge in [0.1, 0.15) is 5.25 Å². The molecule has 7 heteroatoms. The number of fused-ring (bicyclic) bond motifs is 1. The summed E-state index contributed by atoms with van der Waals surface area (Å²) in [5, 5.41) is 3.60. The number of rotatable bonds is 5. The third-order valence-electron chi connectivity index (χ3n) is 6.30. The Kier molecular flexibility index (Phi) is 6.70. The van der Waals surface area contributed by atoms with E-state index in [1.165, 1.54) is 11.3 Å². The topological polar surface area (TPSA) is 76.7 Å². The number of anilines is 2. The SMILES string of the molecule is CC(C)[S+]([O-])NC(=O)c1ccc2c(c1)CC(C)(C)C(c1cccc(N3CCOCC3)c1)N2. The third kappa shape index (κ3) is 4.90. The van der Waals surface area contributed by atoms with E-state index in [4.69, 9.17) is 4.74 Å². The monoisotopic (exact) mass is 455 g/mol. The van der Waals surface area contributed by atoms with Crippen LogP contribution in [-0.2, 0) is 22.5 Å². The summed E-state index contributed by atoms with van der Waals surface area (Å²) in [4.78, 5) is 14.9. The molecule has 2 unspecified atom stereocenters. The van der Waals surface area contributed by atoms with Gasteiger partial charge in [-0.15, -0.1) is 0 Å². The highest BCUT2D eigenvalue weighted by atomic mass is 32.2. The molecular weight excluding hydrogens is 422 g/mol. The molecule has 2 N–H and O–H groups in total. The van der Waals surface area contributed by atoms with Crippen LogP contribution >= 0.6 is 0 Å². The van der Waals surface area contributed by atoms with Crippen molar-refractivity contribution in [3.63, 3.8) is 0 Å². The van der Waals surface area contributed by atoms with Crippen LogP contribution in [0.5, 0.6) is 0 Å². The molecule has 1 amide bonds. The Balaban J connectivity index is 1.56. The van der Waals surface area contributed by atoms with Gasteiger partial charge in [-0.3, -0.25) is 4.79 Å². The molecule has 2 atom stereocenters. The maximum Gasteiger partial charge on any atom is 0.292 e. The summed E-state index contributed by atoms with van der Waals surface area (Å²) in [5.74, 6) is -0.294. The van der Waals surface area contributed by atoms with Crippen molar-refractivity contribution in [2.75, 3.05) is 36.5 Å². The standard InChI is InChI=1S/C25H33N3O3S/c1-17(2)32(30)27-24(29)19-8-9-22-20(14-19)16-25(3,4)23(26-22)18-6-5-7-21(15-18)28-10-12-31-13-11-28/h5-9,14-15,17,23,26H,10-13,16H2,1-4H3,(H,27,29). The van der Waals surface area contributed by atoms with Crippen LogP contribution in [0.25, 0.3) is 0 Å². The van der Waals surface area contributed by atoms with Crippen molar-refractivity contribution >= 4 is 28.6 Å². The number of morpholine rings is 1. The second kappa shape index (κ2) is 9.33. The average molecular weight is 456 g/mol. The molecule has 1 fully saturated rings. The van der Waals surface area contributed by atoms with Crippen molar-refractivity contribution in [3.05, 3.63) is 59.2 Å². The zero-order valence-corrected chi connectivity index (χ0v) is 20.1. The quantitative estimate of drug-likeness (QED) is 0.665. The number of nitrogens with one attached hydrogen (secondary N) is 2. The van der Waals surface area contributed by atoms with E-state index in [1.54, 1.807) is 6.07 Å². The molecule has 1 saturated heterocycles. The van der Waals surface area contributed by atoms with Crippen LogP contribution in [0.1, 0.15) is 55.2 Å². The molecule has 0 spiro atoms. The molecule has 6 nitrogen and oxygen atoms in total. The maximum atomic E-state index is 12.5. The largest absolute Gasteiger partial charge is 0.593 e. The van der Waals surface area contributed by atoms with E-state index in [0.717, 1.165) is 44.0 Å². The molecule has 2 heterocycles. The molecule has 4 rings (SSSR count). The van der Waals surface area contributed by atoms with Crippen LogP contribution in [0.3, 0.4) is 0 Å². The lowest BCUT2D eigenvalue weighted by Gasteiger charge is -2.42. The molecule has 2 aliphatic rings. The highest BCUT2D eigenvalue weighted by Crippen LogP contribution is 2.45. The van der Waals surface area contributed by atoms with E-state index in [-0.39, 0.29) is 22.6 Å². The number of nitrogens with zero attached hydrogens (tertiary/aromatic N) is 1. The van der Waals surface area contributed by atoms with Gasteiger partial charge in [-0.25, -0.2) is 0 Å². The fourth-order valence-corrected chi connectivity index (χ4v) is 5.03. The van der Waals surface area contributed by atoms with Crippen molar-refractivity contribution < 1.29 is 14.1 Å². The highest BCUT2D eigenvalue weighted by Gasteiger charge is 2.36. The lowest BCUT2D eigenvalue weighted by molar-refractivity contribution is 0.0980. The van der Waals surface area contributed by atoms with Gasteiger partial charge in [0.15, 0.2) is 0 Å². The summed E-state index contributed by atoms with van der Waals surface area (Å²) in [6.45, 7) is 11.5. The second-order valence-corrected chi connectivity index (χ2v) is 11.3. The first-order valence-corrected chi connectivity index (χ1v) is 12.5. The molecule has 0 bridgehead atoms. The van der Waals surface area contributed by atoms with E-state index in [1.807, 2.05) is 26.0 Å². The van der Waals surface area contributed by atoms with Gasteiger partial charge in [-0.2, -0.15) is 4.72 Å². The van der Waals surface area contributed by atoms with Gasteiger partial charge in [0.25, 0.3) is 5.91 Å². The van der Waals surface area contributed by atoms with Crippen molar-refractivity contribution in [1.29, 1.82) is 0 Å². The zero-order chi connectivity index (χ0) is 22.9. The van der Waals surface area contributed by atoms with Crippen LogP contribution in [0.2, 0.25) is 0 Å². The number of carbonyl (C=O) groups is 1. The lowest BCUT2D eigenvalue weighted by Crippen LogP contribution is -2.37. The second-order valence-electron chi connectivity index (χ2n) is 9.59. The Labute approximate surface area is 194 Å². The number of carbonyl (C=O) groups excluding carboxylic acids is 1. The molecule has 172 valence electrons. The van der Waals surface area contributed by atoms with Crippen LogP contribution in [-0.4, -0.2) is 42.0 Å². The Bertz CT molecular complexity index is 973. The van der Waals surface area contributed by atoms with Crippen LogP contribution in [0, 0.1) is 5.41 Å². The van der Waals surface area contributed by atoms with Crippen LogP contribution < -0.4 is 14.9 Å². The van der Waals surface area contributed by atoms with E-state index < -0.39 is 11.4 Å². The molecular formula is C25H33N3O3S. The molecule has 32 heavy (non-hydrogen) atoms. The summed E-state index contributed by atoms with van der Waals surface area (Å²) < 4.78 is 20.1. The molecule has 2 aliphatic heterocycles. The zero-order valence-electron chi connectivity index (χ0n) is 19.3. The number of hydrogen-bond donors (Lipinski definition) is 2. The molecule has 2 aromatic carbocycles. The van der Waals surface area contributed by atoms with Gasteiger partial charge in [-0.1, -0.05) is 26.0 Å². The molecule has 0 aliphatic carbocycles. The van der Waals surface area contributed by atoms with Crippen molar-refractivity contribution in [2.24, 2.45) is 5.41 Å². The van der Waals surface area contributed by atoms with Gasteiger partial charge in [0, 0.05) is 30.0 Å². The van der Waals surface area contributed by atoms with Gasteiger partial charge in [0.2, 0.25) is 0 Å². The smallest absolute Gasteiger partial charge is 0.292 e. The molecule has 0 aromatic heterocycles. The first kappa shape index (κ1) is 23.0. The van der Waals surface area contributed by atoms with Gasteiger partial charge in [0.05, 0.1) is 30.6 Å². The first-order valence-electron chi connectivity index (χ1n) is 11.3.